The van der Waals surface area contributed by atoms with Crippen molar-refractivity contribution in [1.82, 2.24) is 10.2 Å². The number of alkyl carbamates (subject to hydrolysis) is 1. The number of nitrogens with zero attached hydrogens (tertiary/aromatic N) is 1. The molecule has 0 spiro atoms. The maximum atomic E-state index is 12.4. The summed E-state index contributed by atoms with van der Waals surface area (Å²) in [5, 5.41) is 2.88. The highest BCUT2D eigenvalue weighted by molar-refractivity contribution is 5.79. The fourth-order valence-corrected chi connectivity index (χ4v) is 2.67. The molecule has 1 unspecified atom stereocenters. The van der Waals surface area contributed by atoms with Gasteiger partial charge in [-0.15, -0.1) is 0 Å². The van der Waals surface area contributed by atoms with Crippen LogP contribution in [0.15, 0.2) is 0 Å². The zero-order valence-corrected chi connectivity index (χ0v) is 14.1. The van der Waals surface area contributed by atoms with E-state index < -0.39 is 11.7 Å². The lowest BCUT2D eigenvalue weighted by Gasteiger charge is -2.35. The van der Waals surface area contributed by atoms with Crippen LogP contribution in [0.4, 0.5) is 4.79 Å². The first-order valence-corrected chi connectivity index (χ1v) is 8.05. The molecule has 1 fully saturated rings. The minimum absolute atomic E-state index is 0.00749. The maximum Gasteiger partial charge on any atom is 0.407 e. The number of piperidine rings is 1. The third-order valence-electron chi connectivity index (χ3n) is 3.79. The van der Waals surface area contributed by atoms with Crippen LogP contribution in [0.2, 0.25) is 0 Å². The van der Waals surface area contributed by atoms with E-state index in [2.05, 4.69) is 5.32 Å². The van der Waals surface area contributed by atoms with Crippen LogP contribution in [0, 0.1) is 5.92 Å². The number of ether oxygens (including phenoxy) is 1. The molecule has 5 heteroatoms. The number of hydrogen-bond donors (Lipinski definition) is 1. The predicted molar refractivity (Wildman–Crippen MR) is 83.0 cm³/mol. The quantitative estimate of drug-likeness (QED) is 0.868. The molecule has 1 rings (SSSR count). The number of amides is 2. The van der Waals surface area contributed by atoms with E-state index >= 15 is 0 Å². The SMILES string of the molecule is CCC(CC)C(=O)N1CCCC(NC(=O)OC(C)(C)C)C1. The molecule has 2 amide bonds. The Bertz CT molecular complexity index is 359. The van der Waals surface area contributed by atoms with Gasteiger partial charge in [0, 0.05) is 25.0 Å². The molecule has 21 heavy (non-hydrogen) atoms. The summed E-state index contributed by atoms with van der Waals surface area (Å²) in [6.45, 7) is 11.0. The Morgan fingerprint density at radius 3 is 2.43 bits per heavy atom. The Labute approximate surface area is 128 Å². The number of carbonyl (C=O) groups is 2. The van der Waals surface area contributed by atoms with Gasteiger partial charge in [-0.2, -0.15) is 0 Å². The molecule has 0 bridgehead atoms. The summed E-state index contributed by atoms with van der Waals surface area (Å²) >= 11 is 0. The molecule has 1 aliphatic rings. The monoisotopic (exact) mass is 298 g/mol. The first-order chi connectivity index (χ1) is 9.76. The molecule has 1 aliphatic heterocycles. The van der Waals surface area contributed by atoms with Gasteiger partial charge in [0.1, 0.15) is 5.60 Å². The van der Waals surface area contributed by atoms with Crippen molar-refractivity contribution in [1.29, 1.82) is 0 Å². The van der Waals surface area contributed by atoms with Crippen molar-refractivity contribution in [3.05, 3.63) is 0 Å². The molecule has 1 heterocycles. The zero-order chi connectivity index (χ0) is 16.0. The molecule has 0 radical (unpaired) electrons. The molecule has 0 aromatic heterocycles. The summed E-state index contributed by atoms with van der Waals surface area (Å²) in [5.74, 6) is 0.320. The first kappa shape index (κ1) is 17.8. The number of hydrogen-bond acceptors (Lipinski definition) is 3. The first-order valence-electron chi connectivity index (χ1n) is 8.05. The van der Waals surface area contributed by atoms with Crippen LogP contribution < -0.4 is 5.32 Å². The molecule has 5 nitrogen and oxygen atoms in total. The number of likely N-dealkylation sites (tertiary alicyclic amines) is 1. The van der Waals surface area contributed by atoms with Crippen LogP contribution in [0.3, 0.4) is 0 Å². The minimum Gasteiger partial charge on any atom is -0.444 e. The second-order valence-corrected chi connectivity index (χ2v) is 6.78. The van der Waals surface area contributed by atoms with Crippen molar-refractivity contribution in [2.75, 3.05) is 13.1 Å². The Kier molecular flexibility index (Phi) is 6.49. The largest absolute Gasteiger partial charge is 0.444 e. The highest BCUT2D eigenvalue weighted by atomic mass is 16.6. The Morgan fingerprint density at radius 2 is 1.90 bits per heavy atom. The third kappa shape index (κ3) is 5.94. The fourth-order valence-electron chi connectivity index (χ4n) is 2.67. The van der Waals surface area contributed by atoms with E-state index in [1.54, 1.807) is 0 Å². The van der Waals surface area contributed by atoms with Gasteiger partial charge >= 0.3 is 6.09 Å². The summed E-state index contributed by atoms with van der Waals surface area (Å²) < 4.78 is 5.27. The molecule has 1 N–H and O–H groups in total. The average Bonchev–Trinajstić information content (AvgIpc) is 2.38. The van der Waals surface area contributed by atoms with Crippen molar-refractivity contribution >= 4 is 12.0 Å². The van der Waals surface area contributed by atoms with Gasteiger partial charge in [0.05, 0.1) is 0 Å². The van der Waals surface area contributed by atoms with Crippen molar-refractivity contribution in [2.45, 2.75) is 71.9 Å². The van der Waals surface area contributed by atoms with Gasteiger partial charge in [-0.05, 0) is 46.5 Å². The van der Waals surface area contributed by atoms with E-state index in [0.717, 1.165) is 32.2 Å². The lowest BCUT2D eigenvalue weighted by atomic mass is 9.98. The topological polar surface area (TPSA) is 58.6 Å². The Morgan fingerprint density at radius 1 is 1.29 bits per heavy atom. The molecule has 0 saturated carbocycles. The smallest absolute Gasteiger partial charge is 0.407 e. The van der Waals surface area contributed by atoms with Gasteiger partial charge in [-0.3, -0.25) is 4.79 Å². The molecular weight excluding hydrogens is 268 g/mol. The zero-order valence-electron chi connectivity index (χ0n) is 14.1. The van der Waals surface area contributed by atoms with Crippen LogP contribution in [-0.4, -0.2) is 41.6 Å². The van der Waals surface area contributed by atoms with Crippen molar-refractivity contribution < 1.29 is 14.3 Å². The Hall–Kier alpha value is -1.26. The van der Waals surface area contributed by atoms with E-state index in [0.29, 0.717) is 6.54 Å². The summed E-state index contributed by atoms with van der Waals surface area (Å²) in [4.78, 5) is 26.1. The van der Waals surface area contributed by atoms with Gasteiger partial charge in [-0.1, -0.05) is 13.8 Å². The average molecular weight is 298 g/mol. The molecule has 0 aromatic rings. The van der Waals surface area contributed by atoms with E-state index in [-0.39, 0.29) is 17.9 Å². The summed E-state index contributed by atoms with van der Waals surface area (Å²) in [7, 11) is 0. The summed E-state index contributed by atoms with van der Waals surface area (Å²) in [5.41, 5.74) is -0.496. The molecule has 0 aliphatic carbocycles. The summed E-state index contributed by atoms with van der Waals surface area (Å²) in [6, 6.07) is -0.00749. The summed E-state index contributed by atoms with van der Waals surface area (Å²) in [6.07, 6.45) is 3.16. The van der Waals surface area contributed by atoms with Crippen molar-refractivity contribution in [2.24, 2.45) is 5.92 Å². The standard InChI is InChI=1S/C16H30N2O3/c1-6-12(7-2)14(19)18-10-8-9-13(11-18)17-15(20)21-16(3,4)5/h12-13H,6-11H2,1-5H3,(H,17,20). The number of carbonyl (C=O) groups excluding carboxylic acids is 2. The molecule has 0 aromatic carbocycles. The normalized spacial score (nSPS) is 19.5. The van der Waals surface area contributed by atoms with Crippen LogP contribution in [0.1, 0.15) is 60.3 Å². The van der Waals surface area contributed by atoms with Crippen molar-refractivity contribution in [3.8, 4) is 0 Å². The van der Waals surface area contributed by atoms with Gasteiger partial charge in [-0.25, -0.2) is 4.79 Å². The molecule has 122 valence electrons. The van der Waals surface area contributed by atoms with E-state index in [1.165, 1.54) is 0 Å². The lowest BCUT2D eigenvalue weighted by molar-refractivity contribution is -0.137. The number of nitrogens with one attached hydrogen (secondary N) is 1. The van der Waals surface area contributed by atoms with Crippen LogP contribution in [-0.2, 0) is 9.53 Å². The van der Waals surface area contributed by atoms with Crippen LogP contribution >= 0.6 is 0 Å². The van der Waals surface area contributed by atoms with Crippen molar-refractivity contribution in [3.63, 3.8) is 0 Å². The van der Waals surface area contributed by atoms with Crippen LogP contribution in [0.25, 0.3) is 0 Å². The van der Waals surface area contributed by atoms with Crippen LogP contribution in [0.5, 0.6) is 0 Å². The number of rotatable bonds is 4. The molecule has 1 saturated heterocycles. The lowest BCUT2D eigenvalue weighted by Crippen LogP contribution is -2.51. The predicted octanol–water partition coefficient (Wildman–Crippen LogP) is 2.94. The van der Waals surface area contributed by atoms with E-state index in [1.807, 2.05) is 39.5 Å². The molecule has 1 atom stereocenters. The highest BCUT2D eigenvalue weighted by Gasteiger charge is 2.29. The Balaban J connectivity index is 2.52. The highest BCUT2D eigenvalue weighted by Crippen LogP contribution is 2.17. The second-order valence-electron chi connectivity index (χ2n) is 6.78. The van der Waals surface area contributed by atoms with Gasteiger partial charge < -0.3 is 15.0 Å². The van der Waals surface area contributed by atoms with Gasteiger partial charge in [0.2, 0.25) is 5.91 Å². The van der Waals surface area contributed by atoms with Gasteiger partial charge in [0.15, 0.2) is 0 Å². The van der Waals surface area contributed by atoms with Gasteiger partial charge in [0.25, 0.3) is 0 Å². The fraction of sp³-hybridized carbons (Fsp3) is 0.875. The van der Waals surface area contributed by atoms with E-state index in [4.69, 9.17) is 4.74 Å². The third-order valence-corrected chi connectivity index (χ3v) is 3.79. The maximum absolute atomic E-state index is 12.4. The minimum atomic E-state index is -0.496. The second kappa shape index (κ2) is 7.66. The van der Waals surface area contributed by atoms with E-state index in [9.17, 15) is 9.59 Å². The molecular formula is C16H30N2O3.